The van der Waals surface area contributed by atoms with Crippen molar-refractivity contribution < 1.29 is 19.0 Å². The molecule has 1 aromatic rings. The molecule has 1 N–H and O–H groups in total. The number of aliphatic carboxylic acids is 1. The number of ether oxygens (including phenoxy) is 1. The van der Waals surface area contributed by atoms with Crippen LogP contribution in [0.15, 0.2) is 18.2 Å². The van der Waals surface area contributed by atoms with Crippen LogP contribution in [-0.4, -0.2) is 18.2 Å². The van der Waals surface area contributed by atoms with E-state index in [2.05, 4.69) is 0 Å². The molecule has 0 heterocycles. The van der Waals surface area contributed by atoms with Crippen LogP contribution in [0.5, 0.6) is 0 Å². The normalized spacial score (nSPS) is 12.4. The summed E-state index contributed by atoms with van der Waals surface area (Å²) in [5, 5.41) is 8.74. The first-order valence-corrected chi connectivity index (χ1v) is 5.03. The summed E-state index contributed by atoms with van der Waals surface area (Å²) in [5.74, 6) is -1.73. The Balaban J connectivity index is 2.77. The van der Waals surface area contributed by atoms with Gasteiger partial charge in [0.05, 0.1) is 12.5 Å². The number of carboxylic acids is 1. The zero-order chi connectivity index (χ0) is 12.1. The van der Waals surface area contributed by atoms with Gasteiger partial charge in [0.1, 0.15) is 5.82 Å². The molecule has 4 heteroatoms. The van der Waals surface area contributed by atoms with Crippen LogP contribution in [0.3, 0.4) is 0 Å². The average Bonchev–Trinajstić information content (AvgIpc) is 2.22. The van der Waals surface area contributed by atoms with Crippen molar-refractivity contribution in [1.29, 1.82) is 0 Å². The van der Waals surface area contributed by atoms with E-state index in [1.807, 2.05) is 0 Å². The highest BCUT2D eigenvalue weighted by atomic mass is 19.1. The summed E-state index contributed by atoms with van der Waals surface area (Å²) < 4.78 is 18.3. The summed E-state index contributed by atoms with van der Waals surface area (Å²) in [6.45, 7) is 1.82. The van der Waals surface area contributed by atoms with E-state index in [9.17, 15) is 9.18 Å². The SMILES string of the molecule is COCc1ccc(CC(C)C(=O)O)cc1F. The van der Waals surface area contributed by atoms with E-state index in [1.54, 1.807) is 19.1 Å². The quantitative estimate of drug-likeness (QED) is 0.837. The average molecular weight is 226 g/mol. The molecule has 0 saturated carbocycles. The lowest BCUT2D eigenvalue weighted by Gasteiger charge is -2.08. The first kappa shape index (κ1) is 12.6. The number of hydrogen-bond donors (Lipinski definition) is 1. The van der Waals surface area contributed by atoms with Crippen LogP contribution in [-0.2, 0) is 22.6 Å². The Morgan fingerprint density at radius 2 is 2.25 bits per heavy atom. The topological polar surface area (TPSA) is 46.5 Å². The summed E-state index contributed by atoms with van der Waals surface area (Å²) in [5.41, 5.74) is 1.17. The third-order valence-corrected chi connectivity index (χ3v) is 2.38. The van der Waals surface area contributed by atoms with Gasteiger partial charge in [-0.15, -0.1) is 0 Å². The standard InChI is InChI=1S/C12H15FO3/c1-8(12(14)15)5-9-3-4-10(7-16-2)11(13)6-9/h3-4,6,8H,5,7H2,1-2H3,(H,14,15). The largest absolute Gasteiger partial charge is 0.481 e. The molecule has 0 saturated heterocycles. The highest BCUT2D eigenvalue weighted by molar-refractivity contribution is 5.69. The van der Waals surface area contributed by atoms with Gasteiger partial charge in [-0.2, -0.15) is 0 Å². The second-order valence-electron chi connectivity index (χ2n) is 3.80. The highest BCUT2D eigenvalue weighted by Gasteiger charge is 2.12. The monoisotopic (exact) mass is 226 g/mol. The summed E-state index contributed by atoms with van der Waals surface area (Å²) >= 11 is 0. The zero-order valence-electron chi connectivity index (χ0n) is 9.37. The molecular formula is C12H15FO3. The maximum absolute atomic E-state index is 13.5. The molecule has 1 atom stereocenters. The predicted octanol–water partition coefficient (Wildman–Crippen LogP) is 2.24. The van der Waals surface area contributed by atoms with Crippen molar-refractivity contribution in [1.82, 2.24) is 0 Å². The molecule has 0 fully saturated rings. The van der Waals surface area contributed by atoms with E-state index in [-0.39, 0.29) is 12.4 Å². The summed E-state index contributed by atoms with van der Waals surface area (Å²) in [6.07, 6.45) is 0.333. The van der Waals surface area contributed by atoms with Gasteiger partial charge in [-0.1, -0.05) is 19.1 Å². The predicted molar refractivity (Wildman–Crippen MR) is 57.6 cm³/mol. The number of carbonyl (C=O) groups is 1. The third-order valence-electron chi connectivity index (χ3n) is 2.38. The number of halogens is 1. The minimum absolute atomic E-state index is 0.223. The van der Waals surface area contributed by atoms with Crippen LogP contribution in [0, 0.1) is 11.7 Å². The van der Waals surface area contributed by atoms with Gasteiger partial charge in [0.15, 0.2) is 0 Å². The van der Waals surface area contributed by atoms with Crippen molar-refractivity contribution in [2.24, 2.45) is 5.92 Å². The summed E-state index contributed by atoms with van der Waals surface area (Å²) in [6, 6.07) is 4.73. The Bertz CT molecular complexity index is 377. The molecule has 1 aromatic carbocycles. The van der Waals surface area contributed by atoms with E-state index >= 15 is 0 Å². The Morgan fingerprint density at radius 3 is 2.75 bits per heavy atom. The van der Waals surface area contributed by atoms with Crippen molar-refractivity contribution in [3.63, 3.8) is 0 Å². The molecular weight excluding hydrogens is 211 g/mol. The number of hydrogen-bond acceptors (Lipinski definition) is 2. The molecule has 0 amide bonds. The van der Waals surface area contributed by atoms with Crippen LogP contribution >= 0.6 is 0 Å². The fourth-order valence-corrected chi connectivity index (χ4v) is 1.43. The highest BCUT2D eigenvalue weighted by Crippen LogP contribution is 2.14. The van der Waals surface area contributed by atoms with Gasteiger partial charge in [0.2, 0.25) is 0 Å². The number of carboxylic acid groups (broad SMARTS) is 1. The molecule has 0 aliphatic heterocycles. The van der Waals surface area contributed by atoms with Gasteiger partial charge in [0, 0.05) is 12.7 Å². The van der Waals surface area contributed by atoms with Crippen LogP contribution in [0.2, 0.25) is 0 Å². The first-order valence-electron chi connectivity index (χ1n) is 5.03. The lowest BCUT2D eigenvalue weighted by molar-refractivity contribution is -0.141. The van der Waals surface area contributed by atoms with Gasteiger partial charge < -0.3 is 9.84 Å². The second-order valence-corrected chi connectivity index (χ2v) is 3.80. The minimum atomic E-state index is -0.874. The minimum Gasteiger partial charge on any atom is -0.481 e. The number of rotatable bonds is 5. The molecule has 1 rings (SSSR count). The Hall–Kier alpha value is -1.42. The number of benzene rings is 1. The van der Waals surface area contributed by atoms with Gasteiger partial charge >= 0.3 is 5.97 Å². The van der Waals surface area contributed by atoms with E-state index in [1.165, 1.54) is 13.2 Å². The van der Waals surface area contributed by atoms with Gasteiger partial charge in [0.25, 0.3) is 0 Å². The van der Waals surface area contributed by atoms with Gasteiger partial charge in [-0.25, -0.2) is 4.39 Å². The maximum atomic E-state index is 13.5. The van der Waals surface area contributed by atoms with Crippen LogP contribution in [0.25, 0.3) is 0 Å². The van der Waals surface area contributed by atoms with E-state index in [0.717, 1.165) is 0 Å². The smallest absolute Gasteiger partial charge is 0.306 e. The van der Waals surface area contributed by atoms with Crippen molar-refractivity contribution in [3.05, 3.63) is 35.1 Å². The van der Waals surface area contributed by atoms with Crippen molar-refractivity contribution in [2.75, 3.05) is 7.11 Å². The zero-order valence-corrected chi connectivity index (χ0v) is 9.37. The molecule has 0 radical (unpaired) electrons. The van der Waals surface area contributed by atoms with E-state index in [4.69, 9.17) is 9.84 Å². The van der Waals surface area contributed by atoms with E-state index < -0.39 is 11.9 Å². The van der Waals surface area contributed by atoms with Crippen LogP contribution < -0.4 is 0 Å². The molecule has 0 aliphatic carbocycles. The lowest BCUT2D eigenvalue weighted by atomic mass is 10.00. The van der Waals surface area contributed by atoms with Crippen LogP contribution in [0.1, 0.15) is 18.1 Å². The maximum Gasteiger partial charge on any atom is 0.306 e. The molecule has 88 valence electrons. The summed E-state index contributed by atoms with van der Waals surface area (Å²) in [7, 11) is 1.50. The first-order chi connectivity index (χ1) is 7.54. The fourth-order valence-electron chi connectivity index (χ4n) is 1.43. The van der Waals surface area contributed by atoms with E-state index in [0.29, 0.717) is 17.5 Å². The van der Waals surface area contributed by atoms with Gasteiger partial charge in [-0.05, 0) is 18.1 Å². The van der Waals surface area contributed by atoms with Crippen molar-refractivity contribution in [2.45, 2.75) is 20.0 Å². The third kappa shape index (κ3) is 3.31. The number of methoxy groups -OCH3 is 1. The lowest BCUT2D eigenvalue weighted by Crippen LogP contribution is -2.12. The summed E-state index contributed by atoms with van der Waals surface area (Å²) in [4.78, 5) is 10.6. The Labute approximate surface area is 93.9 Å². The Morgan fingerprint density at radius 1 is 1.56 bits per heavy atom. The molecule has 0 aliphatic rings. The van der Waals surface area contributed by atoms with Crippen molar-refractivity contribution in [3.8, 4) is 0 Å². The van der Waals surface area contributed by atoms with Crippen LogP contribution in [0.4, 0.5) is 4.39 Å². The molecule has 1 unspecified atom stereocenters. The second kappa shape index (κ2) is 5.61. The molecule has 0 spiro atoms. The molecule has 0 bridgehead atoms. The fraction of sp³-hybridized carbons (Fsp3) is 0.417. The van der Waals surface area contributed by atoms with Gasteiger partial charge in [-0.3, -0.25) is 4.79 Å². The molecule has 3 nitrogen and oxygen atoms in total. The van der Waals surface area contributed by atoms with Crippen molar-refractivity contribution >= 4 is 5.97 Å². The molecule has 16 heavy (non-hydrogen) atoms. The molecule has 0 aromatic heterocycles. The Kier molecular flexibility index (Phi) is 4.43.